The lowest BCUT2D eigenvalue weighted by Crippen LogP contribution is -2.33. The molecule has 0 aliphatic rings. The standard InChI is InChI=1S/C29H39N7O4/c1-28(2,3)39-24(37)18-36(7)17-23-16-21(12-14-30-23)25-32-19-33-26(35-25)34-22-10-8-9-20(15-22)11-13-31-27(38)40-29(4,5)6/h8-10,12,14-16,19H,11,13,17-18H2,1-7H3,(H,31,38)(H,32,33,34,35). The summed E-state index contributed by atoms with van der Waals surface area (Å²) in [5.74, 6) is 0.603. The monoisotopic (exact) mass is 549 g/mol. The number of amides is 1. The van der Waals surface area contributed by atoms with Gasteiger partial charge in [-0.3, -0.25) is 14.7 Å². The molecule has 214 valence electrons. The molecule has 1 amide bonds. The number of ether oxygens (including phenoxy) is 2. The number of benzene rings is 1. The minimum atomic E-state index is -0.534. The van der Waals surface area contributed by atoms with Gasteiger partial charge in [0, 0.05) is 30.5 Å². The maximum atomic E-state index is 12.1. The average molecular weight is 550 g/mol. The van der Waals surface area contributed by atoms with Crippen LogP contribution in [0.3, 0.4) is 0 Å². The highest BCUT2D eigenvalue weighted by Crippen LogP contribution is 2.19. The zero-order valence-corrected chi connectivity index (χ0v) is 24.3. The second-order valence-electron chi connectivity index (χ2n) is 11.4. The van der Waals surface area contributed by atoms with E-state index in [4.69, 9.17) is 9.47 Å². The fourth-order valence-electron chi connectivity index (χ4n) is 3.68. The van der Waals surface area contributed by atoms with Gasteiger partial charge in [0.15, 0.2) is 5.82 Å². The lowest BCUT2D eigenvalue weighted by Gasteiger charge is -2.22. The molecule has 40 heavy (non-hydrogen) atoms. The van der Waals surface area contributed by atoms with Gasteiger partial charge in [-0.2, -0.15) is 4.98 Å². The van der Waals surface area contributed by atoms with Gasteiger partial charge >= 0.3 is 12.1 Å². The molecule has 3 rings (SSSR count). The summed E-state index contributed by atoms with van der Waals surface area (Å²) in [4.78, 5) is 43.4. The molecule has 0 aliphatic heterocycles. The van der Waals surface area contributed by atoms with Crippen molar-refractivity contribution in [3.63, 3.8) is 0 Å². The summed E-state index contributed by atoms with van der Waals surface area (Å²) in [6.07, 6.45) is 3.35. The normalized spacial score (nSPS) is 11.7. The van der Waals surface area contributed by atoms with E-state index in [9.17, 15) is 9.59 Å². The maximum absolute atomic E-state index is 12.1. The summed E-state index contributed by atoms with van der Waals surface area (Å²) in [6, 6.07) is 11.5. The summed E-state index contributed by atoms with van der Waals surface area (Å²) >= 11 is 0. The highest BCUT2D eigenvalue weighted by molar-refractivity contribution is 5.72. The maximum Gasteiger partial charge on any atom is 0.407 e. The Labute approximate surface area is 235 Å². The van der Waals surface area contributed by atoms with Crippen molar-refractivity contribution >= 4 is 23.7 Å². The van der Waals surface area contributed by atoms with Crippen molar-refractivity contribution in [2.75, 3.05) is 25.5 Å². The highest BCUT2D eigenvalue weighted by atomic mass is 16.6. The second kappa shape index (κ2) is 13.3. The molecule has 0 radical (unpaired) electrons. The van der Waals surface area contributed by atoms with E-state index < -0.39 is 17.3 Å². The van der Waals surface area contributed by atoms with Crippen LogP contribution < -0.4 is 10.6 Å². The van der Waals surface area contributed by atoms with E-state index in [1.54, 1.807) is 6.20 Å². The summed E-state index contributed by atoms with van der Waals surface area (Å²) in [5.41, 5.74) is 2.33. The Bertz CT molecular complexity index is 1300. The molecule has 1 aromatic carbocycles. The van der Waals surface area contributed by atoms with Crippen molar-refractivity contribution in [3.8, 4) is 11.4 Å². The molecule has 2 N–H and O–H groups in total. The van der Waals surface area contributed by atoms with Crippen molar-refractivity contribution in [1.82, 2.24) is 30.2 Å². The molecule has 11 nitrogen and oxygen atoms in total. The van der Waals surface area contributed by atoms with Crippen molar-refractivity contribution in [2.24, 2.45) is 0 Å². The minimum Gasteiger partial charge on any atom is -0.459 e. The number of likely N-dealkylation sites (N-methyl/N-ethyl adjacent to an activating group) is 1. The Balaban J connectivity index is 1.60. The van der Waals surface area contributed by atoms with Crippen LogP contribution in [0.15, 0.2) is 48.9 Å². The molecular formula is C29H39N7O4. The summed E-state index contributed by atoms with van der Waals surface area (Å²) in [5, 5.41) is 5.99. The number of esters is 1. The van der Waals surface area contributed by atoms with Crippen molar-refractivity contribution in [2.45, 2.75) is 65.7 Å². The van der Waals surface area contributed by atoms with Gasteiger partial charge in [0.05, 0.1) is 12.2 Å². The number of rotatable bonds is 10. The number of pyridine rings is 1. The molecule has 2 heterocycles. The topological polar surface area (TPSA) is 131 Å². The quantitative estimate of drug-likeness (QED) is 0.348. The third kappa shape index (κ3) is 10.9. The molecule has 0 spiro atoms. The molecule has 11 heteroatoms. The van der Waals surface area contributed by atoms with Crippen LogP contribution in [0.25, 0.3) is 11.4 Å². The van der Waals surface area contributed by atoms with Crippen LogP contribution in [0.2, 0.25) is 0 Å². The minimum absolute atomic E-state index is 0.152. The number of aromatic nitrogens is 4. The van der Waals surface area contributed by atoms with Gasteiger partial charge in [-0.15, -0.1) is 0 Å². The number of hydrogen-bond acceptors (Lipinski definition) is 10. The third-order valence-corrected chi connectivity index (χ3v) is 5.16. The van der Waals surface area contributed by atoms with E-state index in [-0.39, 0.29) is 12.5 Å². The van der Waals surface area contributed by atoms with Gasteiger partial charge in [0.25, 0.3) is 0 Å². The van der Waals surface area contributed by atoms with Crippen LogP contribution in [0.1, 0.15) is 52.8 Å². The van der Waals surface area contributed by atoms with Crippen LogP contribution in [0, 0.1) is 0 Å². The first kappa shape index (κ1) is 30.4. The highest BCUT2D eigenvalue weighted by Gasteiger charge is 2.18. The number of anilines is 2. The van der Waals surface area contributed by atoms with E-state index in [0.29, 0.717) is 31.3 Å². The van der Waals surface area contributed by atoms with Crippen LogP contribution in [0.4, 0.5) is 16.4 Å². The zero-order valence-electron chi connectivity index (χ0n) is 24.3. The smallest absolute Gasteiger partial charge is 0.407 e. The van der Waals surface area contributed by atoms with E-state index in [2.05, 4.69) is 30.6 Å². The Kier molecular flexibility index (Phi) is 10.1. The van der Waals surface area contributed by atoms with Crippen LogP contribution >= 0.6 is 0 Å². The van der Waals surface area contributed by atoms with E-state index in [0.717, 1.165) is 22.5 Å². The predicted molar refractivity (Wildman–Crippen MR) is 153 cm³/mol. The fraction of sp³-hybridized carbons (Fsp3) is 0.448. The van der Waals surface area contributed by atoms with Gasteiger partial charge in [0.1, 0.15) is 17.5 Å². The SMILES string of the molecule is CN(CC(=O)OC(C)(C)C)Cc1cc(-c2ncnc(Nc3cccc(CCNC(=O)OC(C)(C)C)c3)n2)ccn1. The largest absolute Gasteiger partial charge is 0.459 e. The Morgan fingerprint density at radius 2 is 1.70 bits per heavy atom. The Morgan fingerprint density at radius 3 is 2.42 bits per heavy atom. The molecule has 3 aromatic rings. The van der Waals surface area contributed by atoms with Gasteiger partial charge in [-0.25, -0.2) is 14.8 Å². The summed E-state index contributed by atoms with van der Waals surface area (Å²) in [7, 11) is 1.84. The van der Waals surface area contributed by atoms with Crippen LogP contribution in [-0.4, -0.2) is 68.2 Å². The lowest BCUT2D eigenvalue weighted by molar-refractivity contribution is -0.155. The molecule has 0 saturated heterocycles. The second-order valence-corrected chi connectivity index (χ2v) is 11.4. The molecule has 0 aliphatic carbocycles. The van der Waals surface area contributed by atoms with Gasteiger partial charge in [0.2, 0.25) is 5.95 Å². The van der Waals surface area contributed by atoms with Crippen molar-refractivity contribution < 1.29 is 19.1 Å². The average Bonchev–Trinajstić information content (AvgIpc) is 2.82. The molecule has 2 aromatic heterocycles. The Morgan fingerprint density at radius 1 is 0.950 bits per heavy atom. The van der Waals surface area contributed by atoms with Gasteiger partial charge in [-0.1, -0.05) is 12.1 Å². The van der Waals surface area contributed by atoms with Gasteiger partial charge in [-0.05, 0) is 84.8 Å². The first-order chi connectivity index (χ1) is 18.8. The van der Waals surface area contributed by atoms with Crippen molar-refractivity contribution in [3.05, 3.63) is 60.2 Å². The number of nitrogens with one attached hydrogen (secondary N) is 2. The first-order valence-corrected chi connectivity index (χ1v) is 13.1. The number of alkyl carbamates (subject to hydrolysis) is 1. The fourth-order valence-corrected chi connectivity index (χ4v) is 3.68. The molecule has 0 bridgehead atoms. The summed E-state index contributed by atoms with van der Waals surface area (Å²) in [6.45, 7) is 12.1. The summed E-state index contributed by atoms with van der Waals surface area (Å²) < 4.78 is 10.7. The molecule has 0 fully saturated rings. The number of carbonyl (C=O) groups is 2. The van der Waals surface area contributed by atoms with Crippen molar-refractivity contribution in [1.29, 1.82) is 0 Å². The first-order valence-electron chi connectivity index (χ1n) is 13.1. The van der Waals surface area contributed by atoms with E-state index in [1.807, 2.05) is 89.9 Å². The zero-order chi connectivity index (χ0) is 29.3. The Hall–Kier alpha value is -4.12. The predicted octanol–water partition coefficient (Wildman–Crippen LogP) is 4.52. The number of nitrogens with zero attached hydrogens (tertiary/aromatic N) is 5. The third-order valence-electron chi connectivity index (χ3n) is 5.16. The molecule has 0 atom stereocenters. The molecule has 0 saturated carbocycles. The van der Waals surface area contributed by atoms with E-state index in [1.165, 1.54) is 6.33 Å². The number of hydrogen-bond donors (Lipinski definition) is 2. The van der Waals surface area contributed by atoms with E-state index >= 15 is 0 Å². The molecular weight excluding hydrogens is 510 g/mol. The van der Waals surface area contributed by atoms with Crippen LogP contribution in [-0.2, 0) is 27.2 Å². The number of carbonyl (C=O) groups excluding carboxylic acids is 2. The molecule has 0 unspecified atom stereocenters. The lowest BCUT2D eigenvalue weighted by atomic mass is 10.1. The van der Waals surface area contributed by atoms with Crippen LogP contribution in [0.5, 0.6) is 0 Å². The van der Waals surface area contributed by atoms with Gasteiger partial charge < -0.3 is 20.1 Å².